The highest BCUT2D eigenvalue weighted by atomic mass is 16.5. The quantitative estimate of drug-likeness (QED) is 0.814. The van der Waals surface area contributed by atoms with Crippen LogP contribution in [-0.4, -0.2) is 43.3 Å². The smallest absolute Gasteiger partial charge is 0.228 e. The molecule has 0 atom stereocenters. The average molecular weight is 222 g/mol. The summed E-state index contributed by atoms with van der Waals surface area (Å²) in [6.07, 6.45) is 4.01. The third-order valence-corrected chi connectivity index (χ3v) is 3.00. The summed E-state index contributed by atoms with van der Waals surface area (Å²) in [5, 5.41) is 3.35. The molecule has 0 spiro atoms. The van der Waals surface area contributed by atoms with Gasteiger partial charge in [-0.25, -0.2) is 4.98 Å². The molecule has 2 heterocycles. The molecule has 0 radical (unpaired) electrons. The highest BCUT2D eigenvalue weighted by molar-refractivity contribution is 5.32. The van der Waals surface area contributed by atoms with Crippen LogP contribution in [0.15, 0.2) is 12.3 Å². The van der Waals surface area contributed by atoms with E-state index in [4.69, 9.17) is 4.74 Å². The summed E-state index contributed by atoms with van der Waals surface area (Å²) in [5.41, 5.74) is 0. The van der Waals surface area contributed by atoms with Gasteiger partial charge >= 0.3 is 0 Å². The fourth-order valence-corrected chi connectivity index (χ4v) is 1.97. The second kappa shape index (κ2) is 5.12. The van der Waals surface area contributed by atoms with Crippen LogP contribution in [0.3, 0.4) is 0 Å². The summed E-state index contributed by atoms with van der Waals surface area (Å²) in [6.45, 7) is 2.14. The molecule has 2 rings (SSSR count). The normalized spacial score (nSPS) is 17.1. The van der Waals surface area contributed by atoms with Gasteiger partial charge in [-0.15, -0.1) is 0 Å². The predicted molar refractivity (Wildman–Crippen MR) is 62.9 cm³/mol. The van der Waals surface area contributed by atoms with E-state index in [1.807, 2.05) is 7.05 Å². The second-order valence-corrected chi connectivity index (χ2v) is 3.99. The Bertz CT molecular complexity index is 339. The Morgan fingerprint density at radius 3 is 2.88 bits per heavy atom. The number of anilines is 1. The average Bonchev–Trinajstić information content (AvgIpc) is 2.39. The summed E-state index contributed by atoms with van der Waals surface area (Å²) in [5.74, 6) is 1.36. The van der Waals surface area contributed by atoms with Crippen LogP contribution in [0.25, 0.3) is 0 Å². The van der Waals surface area contributed by atoms with Gasteiger partial charge in [0.2, 0.25) is 11.8 Å². The maximum Gasteiger partial charge on any atom is 0.228 e. The summed E-state index contributed by atoms with van der Waals surface area (Å²) < 4.78 is 5.10. The van der Waals surface area contributed by atoms with E-state index in [1.165, 1.54) is 0 Å². The van der Waals surface area contributed by atoms with Gasteiger partial charge in [-0.05, 0) is 25.9 Å². The molecule has 0 unspecified atom stereocenters. The molecule has 0 bridgehead atoms. The standard InChI is InChI=1S/C11H18N4O/c1-15(9-3-6-12-7-4-9)11-13-8-5-10(14-11)16-2/h5,8-9,12H,3-4,6-7H2,1-2H3. The largest absolute Gasteiger partial charge is 0.481 e. The van der Waals surface area contributed by atoms with Crippen LogP contribution < -0.4 is 15.0 Å². The van der Waals surface area contributed by atoms with E-state index in [0.717, 1.165) is 31.9 Å². The number of ether oxygens (including phenoxy) is 1. The third-order valence-electron chi connectivity index (χ3n) is 3.00. The molecule has 0 aromatic carbocycles. The summed E-state index contributed by atoms with van der Waals surface area (Å²) in [7, 11) is 3.67. The Balaban J connectivity index is 2.09. The molecular weight excluding hydrogens is 204 g/mol. The van der Waals surface area contributed by atoms with E-state index < -0.39 is 0 Å². The van der Waals surface area contributed by atoms with Gasteiger partial charge in [-0.3, -0.25) is 0 Å². The van der Waals surface area contributed by atoms with Crippen molar-refractivity contribution in [2.75, 3.05) is 32.1 Å². The molecule has 5 heteroatoms. The molecule has 1 aliphatic heterocycles. The number of hydrogen-bond donors (Lipinski definition) is 1. The monoisotopic (exact) mass is 222 g/mol. The lowest BCUT2D eigenvalue weighted by Crippen LogP contribution is -2.41. The fraction of sp³-hybridized carbons (Fsp3) is 0.636. The van der Waals surface area contributed by atoms with Crippen molar-refractivity contribution >= 4 is 5.95 Å². The molecule has 88 valence electrons. The minimum atomic E-state index is 0.522. The first-order valence-corrected chi connectivity index (χ1v) is 5.62. The van der Waals surface area contributed by atoms with E-state index in [-0.39, 0.29) is 0 Å². The van der Waals surface area contributed by atoms with E-state index in [1.54, 1.807) is 19.4 Å². The zero-order chi connectivity index (χ0) is 11.4. The number of nitrogens with one attached hydrogen (secondary N) is 1. The Hall–Kier alpha value is -1.36. The van der Waals surface area contributed by atoms with Crippen LogP contribution in [0, 0.1) is 0 Å². The van der Waals surface area contributed by atoms with E-state index in [0.29, 0.717) is 11.9 Å². The molecule has 1 fully saturated rings. The molecule has 1 saturated heterocycles. The lowest BCUT2D eigenvalue weighted by Gasteiger charge is -2.31. The first kappa shape index (κ1) is 11.1. The number of aromatic nitrogens is 2. The maximum atomic E-state index is 5.10. The Morgan fingerprint density at radius 2 is 2.19 bits per heavy atom. The molecule has 0 amide bonds. The number of rotatable bonds is 3. The van der Waals surface area contributed by atoms with Gasteiger partial charge in [0.25, 0.3) is 0 Å². The molecule has 1 N–H and O–H groups in total. The van der Waals surface area contributed by atoms with Gasteiger partial charge in [-0.2, -0.15) is 4.98 Å². The second-order valence-electron chi connectivity index (χ2n) is 3.99. The highest BCUT2D eigenvalue weighted by Crippen LogP contribution is 2.17. The molecule has 1 aliphatic rings. The molecular formula is C11H18N4O. The Morgan fingerprint density at radius 1 is 1.44 bits per heavy atom. The van der Waals surface area contributed by atoms with Gasteiger partial charge in [0.1, 0.15) is 0 Å². The SMILES string of the molecule is COc1ccnc(N(C)C2CCNCC2)n1. The van der Waals surface area contributed by atoms with Gasteiger partial charge in [-0.1, -0.05) is 0 Å². The predicted octanol–water partition coefficient (Wildman–Crippen LogP) is 0.673. The zero-order valence-corrected chi connectivity index (χ0v) is 9.81. The van der Waals surface area contributed by atoms with Gasteiger partial charge < -0.3 is 15.0 Å². The van der Waals surface area contributed by atoms with Crippen LogP contribution in [0.5, 0.6) is 5.88 Å². The van der Waals surface area contributed by atoms with E-state index >= 15 is 0 Å². The first-order valence-electron chi connectivity index (χ1n) is 5.62. The van der Waals surface area contributed by atoms with Crippen LogP contribution in [0.2, 0.25) is 0 Å². The molecule has 0 aliphatic carbocycles. The molecule has 1 aromatic rings. The summed E-state index contributed by atoms with van der Waals surface area (Å²) >= 11 is 0. The van der Waals surface area contributed by atoms with Crippen molar-refractivity contribution in [3.8, 4) is 5.88 Å². The first-order chi connectivity index (χ1) is 7.81. The van der Waals surface area contributed by atoms with Crippen molar-refractivity contribution in [1.82, 2.24) is 15.3 Å². The number of nitrogens with zero attached hydrogens (tertiary/aromatic N) is 3. The lowest BCUT2D eigenvalue weighted by atomic mass is 10.1. The van der Waals surface area contributed by atoms with Gasteiger partial charge in [0.05, 0.1) is 7.11 Å². The van der Waals surface area contributed by atoms with Crippen molar-refractivity contribution in [2.45, 2.75) is 18.9 Å². The van der Waals surface area contributed by atoms with Gasteiger partial charge in [0.15, 0.2) is 0 Å². The van der Waals surface area contributed by atoms with Crippen molar-refractivity contribution in [2.24, 2.45) is 0 Å². The van der Waals surface area contributed by atoms with E-state index in [2.05, 4.69) is 20.2 Å². The number of hydrogen-bond acceptors (Lipinski definition) is 5. The molecule has 1 aromatic heterocycles. The van der Waals surface area contributed by atoms with E-state index in [9.17, 15) is 0 Å². The molecule has 16 heavy (non-hydrogen) atoms. The highest BCUT2D eigenvalue weighted by Gasteiger charge is 2.19. The maximum absolute atomic E-state index is 5.10. The van der Waals surface area contributed by atoms with Crippen LogP contribution in [0.1, 0.15) is 12.8 Å². The van der Waals surface area contributed by atoms with Crippen molar-refractivity contribution in [3.63, 3.8) is 0 Å². The van der Waals surface area contributed by atoms with Crippen LogP contribution >= 0.6 is 0 Å². The third kappa shape index (κ3) is 2.41. The summed E-state index contributed by atoms with van der Waals surface area (Å²) in [6, 6.07) is 2.29. The topological polar surface area (TPSA) is 50.3 Å². The van der Waals surface area contributed by atoms with Crippen molar-refractivity contribution < 1.29 is 4.74 Å². The zero-order valence-electron chi connectivity index (χ0n) is 9.81. The van der Waals surface area contributed by atoms with Gasteiger partial charge in [0, 0.05) is 25.4 Å². The molecule has 5 nitrogen and oxygen atoms in total. The summed E-state index contributed by atoms with van der Waals surface area (Å²) in [4.78, 5) is 10.8. The minimum absolute atomic E-state index is 0.522. The lowest BCUT2D eigenvalue weighted by molar-refractivity contribution is 0.394. The minimum Gasteiger partial charge on any atom is -0.481 e. The number of methoxy groups -OCH3 is 1. The Kier molecular flexibility index (Phi) is 3.56. The Labute approximate surface area is 95.8 Å². The number of piperidine rings is 1. The van der Waals surface area contributed by atoms with Crippen LogP contribution in [-0.2, 0) is 0 Å². The molecule has 0 saturated carbocycles. The van der Waals surface area contributed by atoms with Crippen LogP contribution in [0.4, 0.5) is 5.95 Å². The fourth-order valence-electron chi connectivity index (χ4n) is 1.97. The van der Waals surface area contributed by atoms with Crippen molar-refractivity contribution in [3.05, 3.63) is 12.3 Å². The van der Waals surface area contributed by atoms with Crippen molar-refractivity contribution in [1.29, 1.82) is 0 Å².